The number of anilines is 2. The average molecular weight is 522 g/mol. The molecule has 2 aromatic heterocycles. The van der Waals surface area contributed by atoms with Crippen LogP contribution in [0.3, 0.4) is 0 Å². The topological polar surface area (TPSA) is 107 Å². The van der Waals surface area contributed by atoms with Crippen LogP contribution in [-0.4, -0.2) is 77.9 Å². The molecule has 196 valence electrons. The first-order valence-electron chi connectivity index (χ1n) is 12.5. The van der Waals surface area contributed by atoms with Gasteiger partial charge in [0.15, 0.2) is 0 Å². The van der Waals surface area contributed by atoms with E-state index >= 15 is 0 Å². The van der Waals surface area contributed by atoms with Crippen molar-refractivity contribution in [1.82, 2.24) is 25.0 Å². The third kappa shape index (κ3) is 8.01. The highest BCUT2D eigenvalue weighted by Gasteiger charge is 2.18. The zero-order chi connectivity index (χ0) is 26.0. The number of hydrogen-bond donors (Lipinski definition) is 3. The summed E-state index contributed by atoms with van der Waals surface area (Å²) < 4.78 is 0. The maximum absolute atomic E-state index is 13.1. The van der Waals surface area contributed by atoms with E-state index in [0.29, 0.717) is 36.7 Å². The molecule has 3 aromatic rings. The maximum Gasteiger partial charge on any atom is 0.317 e. The molecule has 1 fully saturated rings. The number of hydrogen-bond acceptors (Lipinski definition) is 7. The van der Waals surface area contributed by atoms with Gasteiger partial charge < -0.3 is 31.1 Å². The maximum atomic E-state index is 13.1. The van der Waals surface area contributed by atoms with Gasteiger partial charge in [-0.2, -0.15) is 0 Å². The van der Waals surface area contributed by atoms with Gasteiger partial charge in [0.2, 0.25) is 0 Å². The standard InChI is InChI=1S/C27H35N7O2S/c1-32-12-14-33(15-13-32)10-5-11-34(27(36)30-16-21-6-3-2-4-7-21)18-22-8-9-24(29-17-22)26(35)31-25-20-37-19-23(25)28/h2-4,6-9,17,19-20H,5,10-16,18,28H2,1H3,(H,30,36)(H,31,35). The lowest BCUT2D eigenvalue weighted by atomic mass is 10.2. The van der Waals surface area contributed by atoms with Gasteiger partial charge in [0.1, 0.15) is 5.69 Å². The Labute approximate surface area is 222 Å². The second-order valence-corrected chi connectivity index (χ2v) is 10.1. The molecular formula is C27H35N7O2S. The van der Waals surface area contributed by atoms with E-state index in [1.165, 1.54) is 11.3 Å². The smallest absolute Gasteiger partial charge is 0.317 e. The first kappa shape index (κ1) is 26.6. The second-order valence-electron chi connectivity index (χ2n) is 9.31. The number of carbonyl (C=O) groups excluding carboxylic acids is 2. The molecule has 9 nitrogen and oxygen atoms in total. The predicted octanol–water partition coefficient (Wildman–Crippen LogP) is 3.33. The Kier molecular flexibility index (Phi) is 9.47. The Morgan fingerprint density at radius 1 is 1.05 bits per heavy atom. The Morgan fingerprint density at radius 2 is 1.84 bits per heavy atom. The number of benzene rings is 1. The molecule has 0 bridgehead atoms. The number of carbonyl (C=O) groups is 2. The number of piperazine rings is 1. The van der Waals surface area contributed by atoms with Crippen LogP contribution in [0.4, 0.5) is 16.2 Å². The fourth-order valence-electron chi connectivity index (χ4n) is 4.16. The van der Waals surface area contributed by atoms with Crippen molar-refractivity contribution in [2.24, 2.45) is 0 Å². The second kappa shape index (κ2) is 13.2. The molecule has 1 aliphatic heterocycles. The van der Waals surface area contributed by atoms with Crippen LogP contribution in [0.2, 0.25) is 0 Å². The average Bonchev–Trinajstić information content (AvgIpc) is 3.32. The molecule has 0 radical (unpaired) electrons. The Morgan fingerprint density at radius 3 is 2.51 bits per heavy atom. The molecule has 0 aliphatic carbocycles. The first-order valence-corrected chi connectivity index (χ1v) is 13.5. The molecule has 0 saturated carbocycles. The number of nitrogens with zero attached hydrogens (tertiary/aromatic N) is 4. The molecule has 37 heavy (non-hydrogen) atoms. The van der Waals surface area contributed by atoms with Gasteiger partial charge in [0.05, 0.1) is 11.4 Å². The van der Waals surface area contributed by atoms with Crippen molar-refractivity contribution >= 4 is 34.6 Å². The SMILES string of the molecule is CN1CCN(CCCN(Cc2ccc(C(=O)Nc3cscc3N)nc2)C(=O)NCc2ccccc2)CC1. The van der Waals surface area contributed by atoms with Gasteiger partial charge in [-0.3, -0.25) is 9.78 Å². The summed E-state index contributed by atoms with van der Waals surface area (Å²) in [6, 6.07) is 13.3. The van der Waals surface area contributed by atoms with Gasteiger partial charge >= 0.3 is 6.03 Å². The van der Waals surface area contributed by atoms with Gasteiger partial charge in [0.25, 0.3) is 5.91 Å². The van der Waals surface area contributed by atoms with Crippen molar-refractivity contribution in [3.05, 3.63) is 76.2 Å². The normalized spacial score (nSPS) is 14.3. The Balaban J connectivity index is 1.35. The number of pyridine rings is 1. The van der Waals surface area contributed by atoms with Crippen molar-refractivity contribution in [2.45, 2.75) is 19.5 Å². The third-order valence-electron chi connectivity index (χ3n) is 6.44. The van der Waals surface area contributed by atoms with Crippen LogP contribution in [-0.2, 0) is 13.1 Å². The molecule has 1 aromatic carbocycles. The molecule has 0 spiro atoms. The van der Waals surface area contributed by atoms with Crippen LogP contribution < -0.4 is 16.4 Å². The summed E-state index contributed by atoms with van der Waals surface area (Å²) in [5.74, 6) is -0.318. The van der Waals surface area contributed by atoms with E-state index in [2.05, 4.69) is 32.5 Å². The number of urea groups is 1. The summed E-state index contributed by atoms with van der Waals surface area (Å²) in [4.78, 5) is 36.6. The number of nitrogen functional groups attached to an aromatic ring is 1. The third-order valence-corrected chi connectivity index (χ3v) is 7.20. The van der Waals surface area contributed by atoms with E-state index in [-0.39, 0.29) is 11.9 Å². The predicted molar refractivity (Wildman–Crippen MR) is 149 cm³/mol. The minimum Gasteiger partial charge on any atom is -0.396 e. The Hall–Kier alpha value is -3.47. The highest BCUT2D eigenvalue weighted by molar-refractivity contribution is 7.09. The highest BCUT2D eigenvalue weighted by Crippen LogP contribution is 2.23. The van der Waals surface area contributed by atoms with Crippen LogP contribution in [0.15, 0.2) is 59.4 Å². The van der Waals surface area contributed by atoms with Crippen molar-refractivity contribution in [2.75, 3.05) is 57.4 Å². The molecule has 1 saturated heterocycles. The first-order chi connectivity index (χ1) is 18.0. The summed E-state index contributed by atoms with van der Waals surface area (Å²) in [5, 5.41) is 9.38. The number of rotatable bonds is 10. The van der Waals surface area contributed by atoms with E-state index in [9.17, 15) is 9.59 Å². The van der Waals surface area contributed by atoms with E-state index in [1.807, 2.05) is 41.3 Å². The number of amides is 3. The summed E-state index contributed by atoms with van der Waals surface area (Å²) in [7, 11) is 2.15. The van der Waals surface area contributed by atoms with Gasteiger partial charge in [0, 0.05) is 62.8 Å². The molecule has 4 rings (SSSR count). The summed E-state index contributed by atoms with van der Waals surface area (Å²) in [6.07, 6.45) is 2.54. The Bertz CT molecular complexity index is 1150. The van der Waals surface area contributed by atoms with E-state index in [4.69, 9.17) is 5.73 Å². The van der Waals surface area contributed by atoms with Crippen molar-refractivity contribution < 1.29 is 9.59 Å². The lowest BCUT2D eigenvalue weighted by Gasteiger charge is -2.33. The molecule has 4 N–H and O–H groups in total. The molecular weight excluding hydrogens is 486 g/mol. The number of nitrogens with one attached hydrogen (secondary N) is 2. The van der Waals surface area contributed by atoms with Gasteiger partial charge in [-0.05, 0) is 37.2 Å². The van der Waals surface area contributed by atoms with E-state index in [0.717, 1.165) is 50.3 Å². The number of likely N-dealkylation sites (N-methyl/N-ethyl adjacent to an activating group) is 1. The lowest BCUT2D eigenvalue weighted by molar-refractivity contribution is 0.102. The van der Waals surface area contributed by atoms with Gasteiger partial charge in [-0.25, -0.2) is 4.79 Å². The van der Waals surface area contributed by atoms with Gasteiger partial charge in [-0.1, -0.05) is 36.4 Å². The summed E-state index contributed by atoms with van der Waals surface area (Å²) >= 11 is 1.42. The van der Waals surface area contributed by atoms with Crippen LogP contribution in [0.5, 0.6) is 0 Å². The lowest BCUT2D eigenvalue weighted by Crippen LogP contribution is -2.45. The van der Waals surface area contributed by atoms with E-state index < -0.39 is 0 Å². The number of thiophene rings is 1. The van der Waals surface area contributed by atoms with Crippen molar-refractivity contribution in [3.63, 3.8) is 0 Å². The fourth-order valence-corrected chi connectivity index (χ4v) is 4.83. The molecule has 0 unspecified atom stereocenters. The molecule has 3 heterocycles. The largest absolute Gasteiger partial charge is 0.396 e. The number of nitrogens with two attached hydrogens (primary N) is 1. The van der Waals surface area contributed by atoms with Gasteiger partial charge in [-0.15, -0.1) is 11.3 Å². The van der Waals surface area contributed by atoms with Crippen LogP contribution in [0, 0.1) is 0 Å². The summed E-state index contributed by atoms with van der Waals surface area (Å²) in [6.45, 7) is 6.74. The van der Waals surface area contributed by atoms with Crippen molar-refractivity contribution in [1.29, 1.82) is 0 Å². The quantitative estimate of drug-likeness (QED) is 0.378. The number of aromatic nitrogens is 1. The highest BCUT2D eigenvalue weighted by atomic mass is 32.1. The van der Waals surface area contributed by atoms with Crippen LogP contribution >= 0.6 is 11.3 Å². The van der Waals surface area contributed by atoms with Crippen LogP contribution in [0.25, 0.3) is 0 Å². The zero-order valence-electron chi connectivity index (χ0n) is 21.2. The minimum absolute atomic E-state index is 0.114. The fraction of sp³-hybridized carbons (Fsp3) is 0.370. The zero-order valence-corrected chi connectivity index (χ0v) is 22.0. The van der Waals surface area contributed by atoms with E-state index in [1.54, 1.807) is 23.0 Å². The minimum atomic E-state index is -0.318. The monoisotopic (exact) mass is 521 g/mol. The molecule has 1 aliphatic rings. The molecule has 10 heteroatoms. The van der Waals surface area contributed by atoms with Crippen LogP contribution in [0.1, 0.15) is 28.0 Å². The molecule has 3 amide bonds. The van der Waals surface area contributed by atoms with Crippen molar-refractivity contribution in [3.8, 4) is 0 Å². The molecule has 0 atom stereocenters. The summed E-state index contributed by atoms with van der Waals surface area (Å²) in [5.41, 5.74) is 9.18.